The molecule has 0 spiro atoms. The molecule has 0 unspecified atom stereocenters. The van der Waals surface area contributed by atoms with Gasteiger partial charge in [0.05, 0.1) is 0 Å². The van der Waals surface area contributed by atoms with Crippen LogP contribution >= 0.6 is 0 Å². The van der Waals surface area contributed by atoms with Crippen LogP contribution in [0, 0.1) is 0 Å². The van der Waals surface area contributed by atoms with Crippen LogP contribution in [0.25, 0.3) is 99.5 Å². The van der Waals surface area contributed by atoms with Crippen molar-refractivity contribution in [3.63, 3.8) is 0 Å². The molecule has 2 nitrogen and oxygen atoms in total. The van der Waals surface area contributed by atoms with Crippen LogP contribution in [0.4, 0.5) is 34.1 Å². The fraction of sp³-hybridized carbons (Fsp3) is 0.163. The minimum absolute atomic E-state index is 0.121. The lowest BCUT2D eigenvalue weighted by Crippen LogP contribution is -2.19. The summed E-state index contributed by atoms with van der Waals surface area (Å²) in [6, 6.07) is 103. The molecule has 0 saturated carbocycles. The van der Waals surface area contributed by atoms with Crippen molar-refractivity contribution < 1.29 is 0 Å². The van der Waals surface area contributed by atoms with E-state index < -0.39 is 0 Å². The number of fused-ring (bicyclic) bond motifs is 12. The monoisotopic (exact) mass is 1280 g/mol. The van der Waals surface area contributed by atoms with Gasteiger partial charge in [0, 0.05) is 55.8 Å². The number of anilines is 6. The molecule has 13 aromatic carbocycles. The highest BCUT2D eigenvalue weighted by Gasteiger charge is 2.42. The molecule has 13 aromatic rings. The molecular weight excluding hydrogens is 1210 g/mol. The zero-order valence-corrected chi connectivity index (χ0v) is 58.4. The van der Waals surface area contributed by atoms with Crippen LogP contribution in [-0.2, 0) is 21.7 Å². The van der Waals surface area contributed by atoms with Crippen molar-refractivity contribution in [3.05, 3.63) is 347 Å². The van der Waals surface area contributed by atoms with Crippen LogP contribution in [0.15, 0.2) is 302 Å². The molecule has 0 bridgehead atoms. The normalized spacial score (nSPS) is 16.4. The maximum absolute atomic E-state index is 2.59. The third-order valence-electron chi connectivity index (χ3n) is 24.1. The van der Waals surface area contributed by atoms with E-state index in [1.54, 1.807) is 5.57 Å². The molecule has 19 rings (SSSR count). The minimum atomic E-state index is -0.210. The van der Waals surface area contributed by atoms with Crippen molar-refractivity contribution in [2.45, 2.75) is 103 Å². The lowest BCUT2D eigenvalue weighted by molar-refractivity contribution is 0.607. The predicted molar refractivity (Wildman–Crippen MR) is 424 cm³/mol. The van der Waals surface area contributed by atoms with Gasteiger partial charge in [0.25, 0.3) is 0 Å². The molecule has 100 heavy (non-hydrogen) atoms. The molecule has 6 aliphatic rings. The van der Waals surface area contributed by atoms with Gasteiger partial charge in [0.15, 0.2) is 0 Å². The minimum Gasteiger partial charge on any atom is -0.310 e. The maximum atomic E-state index is 2.59. The van der Waals surface area contributed by atoms with Gasteiger partial charge in [-0.25, -0.2) is 0 Å². The molecule has 0 atom stereocenters. The zero-order valence-electron chi connectivity index (χ0n) is 58.4. The number of benzene rings is 13. The lowest BCUT2D eigenvalue weighted by Gasteiger charge is -2.31. The molecule has 482 valence electrons. The summed E-state index contributed by atoms with van der Waals surface area (Å²) in [5, 5.41) is 4.74. The summed E-state index contributed by atoms with van der Waals surface area (Å²) in [6.07, 6.45) is 13.9. The van der Waals surface area contributed by atoms with Crippen molar-refractivity contribution >= 4 is 66.8 Å². The van der Waals surface area contributed by atoms with Gasteiger partial charge in [0.2, 0.25) is 0 Å². The summed E-state index contributed by atoms with van der Waals surface area (Å²) in [5.41, 5.74) is 37.7. The Bertz CT molecular complexity index is 5670. The SMILES string of the molecule is CC1(C)C2=C(CCC=C2)c2ccc(N(c3ccc4c(c3)C(C)(C)C3=C4C=CCC3)c3ccc4c(-c5ccccc5-c5ccccc5)c5cc(N(c6ccc7c(c6)C(C)(C)c6ccccc6-7)c6ccc7c(c6)C(C)(C)c6ccccc6-7)ccc5c(-c5ccccc5-c5ccccc5)c4c3)cc21. The second kappa shape index (κ2) is 22.2. The number of hydrogen-bond donors (Lipinski definition) is 0. The Morgan fingerprint density at radius 3 is 1.11 bits per heavy atom. The first kappa shape index (κ1) is 60.1. The third kappa shape index (κ3) is 8.88. The van der Waals surface area contributed by atoms with Gasteiger partial charge >= 0.3 is 0 Å². The Balaban J connectivity index is 0.908. The Kier molecular flexibility index (Phi) is 13.4. The van der Waals surface area contributed by atoms with Crippen LogP contribution in [0.1, 0.15) is 126 Å². The third-order valence-corrected chi connectivity index (χ3v) is 24.1. The second-order valence-corrected chi connectivity index (χ2v) is 30.9. The zero-order chi connectivity index (χ0) is 67.6. The summed E-state index contributed by atoms with van der Waals surface area (Å²) in [7, 11) is 0. The van der Waals surface area contributed by atoms with E-state index >= 15 is 0 Å². The molecule has 0 aromatic heterocycles. The number of nitrogens with zero attached hydrogens (tertiary/aromatic N) is 2. The average molecular weight is 1290 g/mol. The average Bonchev–Trinajstić information content (AvgIpc) is 1.46. The van der Waals surface area contributed by atoms with Crippen LogP contribution in [0.2, 0.25) is 0 Å². The van der Waals surface area contributed by atoms with E-state index in [0.717, 1.165) is 59.8 Å². The highest BCUT2D eigenvalue weighted by Crippen LogP contribution is 2.59. The van der Waals surface area contributed by atoms with Crippen molar-refractivity contribution in [1.29, 1.82) is 0 Å². The highest BCUT2D eigenvalue weighted by atomic mass is 15.1. The fourth-order valence-corrected chi connectivity index (χ4v) is 19.0. The number of hydrogen-bond acceptors (Lipinski definition) is 2. The van der Waals surface area contributed by atoms with Gasteiger partial charge in [-0.1, -0.05) is 279 Å². The summed E-state index contributed by atoms with van der Waals surface area (Å²) >= 11 is 0. The van der Waals surface area contributed by atoms with Gasteiger partial charge in [-0.05, 0) is 248 Å². The van der Waals surface area contributed by atoms with Crippen molar-refractivity contribution in [2.24, 2.45) is 0 Å². The van der Waals surface area contributed by atoms with Gasteiger partial charge in [-0.3, -0.25) is 0 Å². The number of rotatable bonds is 10. The van der Waals surface area contributed by atoms with Gasteiger partial charge < -0.3 is 9.80 Å². The smallest absolute Gasteiger partial charge is 0.0468 e. The first-order valence-corrected chi connectivity index (χ1v) is 36.2. The van der Waals surface area contributed by atoms with Crippen molar-refractivity contribution in [2.75, 3.05) is 9.80 Å². The van der Waals surface area contributed by atoms with Crippen LogP contribution in [0.3, 0.4) is 0 Å². The summed E-state index contributed by atoms with van der Waals surface area (Å²) < 4.78 is 0. The quantitative estimate of drug-likeness (QED) is 0.126. The first-order valence-electron chi connectivity index (χ1n) is 36.2. The van der Waals surface area contributed by atoms with Crippen LogP contribution in [-0.4, -0.2) is 0 Å². The molecule has 0 N–H and O–H groups in total. The lowest BCUT2D eigenvalue weighted by atomic mass is 9.78. The van der Waals surface area contributed by atoms with Gasteiger partial charge in [-0.2, -0.15) is 0 Å². The van der Waals surface area contributed by atoms with Crippen molar-refractivity contribution in [1.82, 2.24) is 0 Å². The molecule has 0 heterocycles. The Morgan fingerprint density at radius 2 is 0.620 bits per heavy atom. The summed E-state index contributed by atoms with van der Waals surface area (Å²) in [5.74, 6) is 0. The Morgan fingerprint density at radius 1 is 0.260 bits per heavy atom. The Labute approximate surface area is 589 Å². The molecule has 0 saturated heterocycles. The van der Waals surface area contributed by atoms with E-state index in [9.17, 15) is 0 Å². The van der Waals surface area contributed by atoms with Gasteiger partial charge in [-0.15, -0.1) is 0 Å². The van der Waals surface area contributed by atoms with E-state index in [-0.39, 0.29) is 21.7 Å². The van der Waals surface area contributed by atoms with Crippen LogP contribution < -0.4 is 9.80 Å². The van der Waals surface area contributed by atoms with Crippen molar-refractivity contribution in [3.8, 4) is 66.8 Å². The van der Waals surface area contributed by atoms with Gasteiger partial charge in [0.1, 0.15) is 0 Å². The number of allylic oxidation sites excluding steroid dienone is 8. The van der Waals surface area contributed by atoms with E-state index in [2.05, 4.69) is 356 Å². The van der Waals surface area contributed by atoms with E-state index in [4.69, 9.17) is 0 Å². The van der Waals surface area contributed by atoms with E-state index in [0.29, 0.717) is 0 Å². The van der Waals surface area contributed by atoms with E-state index in [1.165, 1.54) is 150 Å². The molecule has 0 fully saturated rings. The largest absolute Gasteiger partial charge is 0.310 e. The molecule has 0 aliphatic heterocycles. The second-order valence-electron chi connectivity index (χ2n) is 30.9. The molecule has 0 radical (unpaired) electrons. The summed E-state index contributed by atoms with van der Waals surface area (Å²) in [6.45, 7) is 19.4. The molecular formula is C98H80N2. The summed E-state index contributed by atoms with van der Waals surface area (Å²) in [4.78, 5) is 5.16. The van der Waals surface area contributed by atoms with Crippen LogP contribution in [0.5, 0.6) is 0 Å². The Hall–Kier alpha value is -11.1. The molecule has 2 heteroatoms. The molecule has 0 amide bonds. The predicted octanol–water partition coefficient (Wildman–Crippen LogP) is 27.0. The van der Waals surface area contributed by atoms with E-state index in [1.807, 2.05) is 0 Å². The maximum Gasteiger partial charge on any atom is 0.0468 e. The topological polar surface area (TPSA) is 6.48 Å². The first-order chi connectivity index (χ1) is 48.6. The molecule has 6 aliphatic carbocycles. The highest BCUT2D eigenvalue weighted by molar-refractivity contribution is 6.25. The standard InChI is InChI=1S/C98H80N2/c1-95(2)85-39-23-19-33-71(85)75-49-43-65(57-89(75)95)99(66-44-50-76-72-34-20-24-40-86(72)96(3,4)90(76)58-66)63-47-53-81-83(55-63)93(79-37-17-15-31-69(79)61-27-11-9-12-28-61)82-54-48-64(56-84(82)94(81)80-38-18-16-32-70(80)62-29-13-10-14-30-62)100(67-45-51-77-73-35-21-25-41-87(73)97(5,6)91(77)59-67)68-46-52-78-74-36-22-26-42-88(74)98(7,8)92(78)60-68/h9-21,23-24,26-35,37-40,42-60H,22,25,36,41H2,1-8H3. The fourth-order valence-electron chi connectivity index (χ4n) is 19.0.